The van der Waals surface area contributed by atoms with E-state index in [-0.39, 0.29) is 36.5 Å². The second-order valence-corrected chi connectivity index (χ2v) is 15.4. The minimum absolute atomic E-state index is 0.183. The quantitative estimate of drug-likeness (QED) is 0.180. The van der Waals surface area contributed by atoms with Crippen LogP contribution in [0.25, 0.3) is 0 Å². The third-order valence-corrected chi connectivity index (χ3v) is 12.1. The van der Waals surface area contributed by atoms with E-state index in [1.165, 1.54) is 12.7 Å². The molecule has 9 heteroatoms. The van der Waals surface area contributed by atoms with Gasteiger partial charge in [-0.15, -0.1) is 11.8 Å². The molecule has 3 aliphatic heterocycles. The first kappa shape index (κ1) is 33.7. The van der Waals surface area contributed by atoms with E-state index in [2.05, 4.69) is 55.6 Å². The van der Waals surface area contributed by atoms with Crippen molar-refractivity contribution in [3.63, 3.8) is 0 Å². The molecule has 3 aromatic rings. The number of likely N-dealkylation sites (tertiary alicyclic amines) is 1. The Bertz CT molecular complexity index is 1740. The summed E-state index contributed by atoms with van der Waals surface area (Å²) in [4.78, 5) is 31.5. The van der Waals surface area contributed by atoms with Crippen LogP contribution in [0.2, 0.25) is 0 Å². The summed E-state index contributed by atoms with van der Waals surface area (Å²) in [6.45, 7) is 9.22. The lowest BCUT2D eigenvalue weighted by Gasteiger charge is -2.50. The van der Waals surface area contributed by atoms with Gasteiger partial charge in [-0.05, 0) is 75.3 Å². The summed E-state index contributed by atoms with van der Waals surface area (Å²) >= 11 is 1.73. The molecule has 2 saturated heterocycles. The van der Waals surface area contributed by atoms with E-state index < -0.39 is 16.8 Å². The predicted octanol–water partition coefficient (Wildman–Crippen LogP) is 7.86. The number of hydrogen-bond acceptors (Lipinski definition) is 8. The number of nitrogens with one attached hydrogen (secondary N) is 1. The van der Waals surface area contributed by atoms with Crippen molar-refractivity contribution in [3.05, 3.63) is 107 Å². The number of methoxy groups -OCH3 is 1. The summed E-state index contributed by atoms with van der Waals surface area (Å²) in [7, 11) is 1.46. The van der Waals surface area contributed by atoms with Crippen molar-refractivity contribution in [2.45, 2.75) is 81.3 Å². The van der Waals surface area contributed by atoms with Crippen LogP contribution in [-0.2, 0) is 35.8 Å². The van der Waals surface area contributed by atoms with Crippen LogP contribution < -0.4 is 5.32 Å². The molecular formula is C40H46N2O6S. The number of nitrogens with zero attached hydrogens (tertiary/aromatic N) is 1. The maximum Gasteiger partial charge on any atom is 0.410 e. The summed E-state index contributed by atoms with van der Waals surface area (Å²) in [6.07, 6.45) is 1.62. The monoisotopic (exact) mass is 682 g/mol. The van der Waals surface area contributed by atoms with Crippen molar-refractivity contribution in [2.24, 2.45) is 11.8 Å². The van der Waals surface area contributed by atoms with Crippen LogP contribution >= 0.6 is 11.8 Å². The van der Waals surface area contributed by atoms with Gasteiger partial charge in [0.15, 0.2) is 5.79 Å². The minimum atomic E-state index is -0.744. The van der Waals surface area contributed by atoms with Crippen LogP contribution in [0.1, 0.15) is 56.7 Å². The van der Waals surface area contributed by atoms with Crippen LogP contribution in [0.4, 0.5) is 10.5 Å². The topological polar surface area (TPSA) is 86.3 Å². The van der Waals surface area contributed by atoms with E-state index in [4.69, 9.17) is 18.9 Å². The van der Waals surface area contributed by atoms with E-state index in [1.807, 2.05) is 61.2 Å². The van der Waals surface area contributed by atoms with E-state index in [0.29, 0.717) is 37.3 Å². The molecular weight excluding hydrogens is 637 g/mol. The SMILES string of the molecule is CC[C@]1(C[C@H]2[C@H](CSc3ccc(C)cc3)C(C(=O)OC)=C3Nc4ccccc4[C@]34CCN(C(=O)OCc3ccccc3)[C@H]24)COC(C)(C)O1. The number of ether oxygens (including phenoxy) is 4. The van der Waals surface area contributed by atoms with Gasteiger partial charge in [-0.25, -0.2) is 9.59 Å². The third kappa shape index (κ3) is 6.04. The second kappa shape index (κ2) is 13.2. The summed E-state index contributed by atoms with van der Waals surface area (Å²) in [6, 6.07) is 26.2. The van der Waals surface area contributed by atoms with Gasteiger partial charge in [0.25, 0.3) is 0 Å². The molecule has 1 spiro atoms. The minimum Gasteiger partial charge on any atom is -0.466 e. The summed E-state index contributed by atoms with van der Waals surface area (Å²) in [5.41, 5.74) is 4.44. The molecule has 4 aliphatic rings. The normalized spacial score (nSPS) is 28.0. The molecule has 3 aromatic carbocycles. The van der Waals surface area contributed by atoms with Gasteiger partial charge < -0.3 is 29.2 Å². The van der Waals surface area contributed by atoms with E-state index in [0.717, 1.165) is 33.8 Å². The average molecular weight is 683 g/mol. The first-order valence-corrected chi connectivity index (χ1v) is 18.3. The molecule has 49 heavy (non-hydrogen) atoms. The molecule has 1 aliphatic carbocycles. The lowest BCUT2D eigenvalue weighted by molar-refractivity contribution is -0.168. The number of anilines is 1. The van der Waals surface area contributed by atoms with Gasteiger partial charge >= 0.3 is 12.1 Å². The molecule has 7 rings (SSSR count). The fraction of sp³-hybridized carbons (Fsp3) is 0.450. The number of aryl methyl sites for hydroxylation is 1. The van der Waals surface area contributed by atoms with Crippen molar-refractivity contribution in [1.29, 1.82) is 0 Å². The molecule has 0 radical (unpaired) electrons. The fourth-order valence-corrected chi connectivity index (χ4v) is 9.80. The Hall–Kier alpha value is -3.79. The Morgan fingerprint density at radius 3 is 2.45 bits per heavy atom. The average Bonchev–Trinajstić information content (AvgIpc) is 3.77. The molecule has 1 N–H and O–H groups in total. The first-order chi connectivity index (χ1) is 23.6. The highest BCUT2D eigenvalue weighted by Gasteiger charge is 2.66. The molecule has 0 aromatic heterocycles. The number of para-hydroxylation sites is 1. The van der Waals surface area contributed by atoms with Gasteiger partial charge in [0.2, 0.25) is 0 Å². The van der Waals surface area contributed by atoms with Crippen molar-refractivity contribution < 1.29 is 28.5 Å². The molecule has 258 valence electrons. The zero-order valence-electron chi connectivity index (χ0n) is 29.0. The fourth-order valence-electron chi connectivity index (χ4n) is 8.69. The highest BCUT2D eigenvalue weighted by atomic mass is 32.2. The molecule has 0 bridgehead atoms. The lowest BCUT2D eigenvalue weighted by atomic mass is 9.58. The van der Waals surface area contributed by atoms with Crippen LogP contribution in [0, 0.1) is 18.8 Å². The standard InChI is InChI=1S/C40H46N2O6S/c1-6-39(25-47-38(3,4)48-39)22-29-30(24-49-28-18-16-26(2)17-19-28)33(36(43)45-5)34-40(31-14-10-11-15-32(31)41-34)20-21-42(35(29)40)37(44)46-23-27-12-8-7-9-13-27/h7-19,29-30,35,41H,6,20-25H2,1-5H3/t29-,30-,35+,39-,40+/m0/s1. The first-order valence-electron chi connectivity index (χ1n) is 17.3. The summed E-state index contributed by atoms with van der Waals surface area (Å²) < 4.78 is 24.6. The highest BCUT2D eigenvalue weighted by Crippen LogP contribution is 2.62. The van der Waals surface area contributed by atoms with Crippen LogP contribution in [0.5, 0.6) is 0 Å². The van der Waals surface area contributed by atoms with Crippen LogP contribution in [-0.4, -0.2) is 60.4 Å². The zero-order chi connectivity index (χ0) is 34.4. The van der Waals surface area contributed by atoms with Gasteiger partial charge in [0.05, 0.1) is 36.3 Å². The number of amides is 1. The maximum absolute atomic E-state index is 14.3. The van der Waals surface area contributed by atoms with Gasteiger partial charge in [-0.1, -0.05) is 73.2 Å². The third-order valence-electron chi connectivity index (χ3n) is 11.0. The highest BCUT2D eigenvalue weighted by molar-refractivity contribution is 7.99. The Morgan fingerprint density at radius 2 is 1.76 bits per heavy atom. The Balaban J connectivity index is 1.38. The van der Waals surface area contributed by atoms with Crippen molar-refractivity contribution in [3.8, 4) is 0 Å². The van der Waals surface area contributed by atoms with Crippen LogP contribution in [0.15, 0.2) is 95.0 Å². The van der Waals surface area contributed by atoms with E-state index in [1.54, 1.807) is 11.8 Å². The Kier molecular flexibility index (Phi) is 9.05. The van der Waals surface area contributed by atoms with Crippen molar-refractivity contribution in [1.82, 2.24) is 4.90 Å². The second-order valence-electron chi connectivity index (χ2n) is 14.3. The number of carbonyl (C=O) groups excluding carboxylic acids is 2. The van der Waals surface area contributed by atoms with Gasteiger partial charge in [0.1, 0.15) is 6.61 Å². The molecule has 0 saturated carbocycles. The summed E-state index contributed by atoms with van der Waals surface area (Å²) in [5, 5.41) is 3.70. The number of carbonyl (C=O) groups is 2. The number of thioether (sulfide) groups is 1. The summed E-state index contributed by atoms with van der Waals surface area (Å²) in [5.74, 6) is -0.929. The number of fused-ring (bicyclic) bond motifs is 1. The predicted molar refractivity (Wildman–Crippen MR) is 190 cm³/mol. The molecule has 0 unspecified atom stereocenters. The van der Waals surface area contributed by atoms with Crippen molar-refractivity contribution in [2.75, 3.05) is 31.3 Å². The molecule has 8 nitrogen and oxygen atoms in total. The largest absolute Gasteiger partial charge is 0.466 e. The van der Waals surface area contributed by atoms with Crippen molar-refractivity contribution >= 4 is 29.5 Å². The molecule has 2 fully saturated rings. The molecule has 1 amide bonds. The molecule has 5 atom stereocenters. The maximum atomic E-state index is 14.3. The van der Waals surface area contributed by atoms with E-state index in [9.17, 15) is 9.59 Å². The lowest BCUT2D eigenvalue weighted by Crippen LogP contribution is -2.58. The Labute approximate surface area is 293 Å². The van der Waals surface area contributed by atoms with Gasteiger partial charge in [-0.3, -0.25) is 0 Å². The van der Waals surface area contributed by atoms with Gasteiger partial charge in [-0.2, -0.15) is 0 Å². The van der Waals surface area contributed by atoms with E-state index >= 15 is 0 Å². The van der Waals surface area contributed by atoms with Crippen LogP contribution in [0.3, 0.4) is 0 Å². The number of benzene rings is 3. The smallest absolute Gasteiger partial charge is 0.410 e. The molecule has 3 heterocycles. The van der Waals surface area contributed by atoms with Gasteiger partial charge in [0, 0.05) is 34.5 Å². The number of rotatable bonds is 9. The number of hydrogen-bond donors (Lipinski definition) is 1. The zero-order valence-corrected chi connectivity index (χ0v) is 29.8. The number of esters is 1. The Morgan fingerprint density at radius 1 is 1.02 bits per heavy atom.